The molecule has 3 atom stereocenters. The number of rotatable bonds is 5. The molecule has 1 fully saturated rings. The molecule has 122 valence electrons. The van der Waals surface area contributed by atoms with Crippen molar-refractivity contribution in [1.29, 1.82) is 0 Å². The minimum atomic E-state index is -0.471. The SMILES string of the molecule is CC[C@H]1CCCC[C@@H]1N(P)P(c1ccccc1)c1ccccc1. The van der Waals surface area contributed by atoms with Gasteiger partial charge in [-0.25, -0.2) is 0 Å². The van der Waals surface area contributed by atoms with E-state index in [-0.39, 0.29) is 0 Å². The van der Waals surface area contributed by atoms with Crippen LogP contribution in [-0.4, -0.2) is 10.5 Å². The summed E-state index contributed by atoms with van der Waals surface area (Å²) in [5.41, 5.74) is 0. The predicted octanol–water partition coefficient (Wildman–Crippen LogP) is 5.10. The molecule has 1 aliphatic rings. The van der Waals surface area contributed by atoms with Gasteiger partial charge in [0.2, 0.25) is 0 Å². The first-order valence-corrected chi connectivity index (χ1v) is 10.6. The molecule has 0 heterocycles. The Kier molecular flexibility index (Phi) is 6.23. The van der Waals surface area contributed by atoms with Gasteiger partial charge in [0.25, 0.3) is 0 Å². The molecule has 2 aromatic carbocycles. The van der Waals surface area contributed by atoms with Gasteiger partial charge in [0.05, 0.1) is 0 Å². The van der Waals surface area contributed by atoms with Crippen LogP contribution in [0, 0.1) is 5.92 Å². The number of nitrogens with zero attached hydrogens (tertiary/aromatic N) is 1. The Hall–Kier alpha value is -0.740. The summed E-state index contributed by atoms with van der Waals surface area (Å²) < 4.78 is 2.63. The molecule has 3 rings (SSSR count). The van der Waals surface area contributed by atoms with Gasteiger partial charge in [0.15, 0.2) is 0 Å². The first kappa shape index (κ1) is 17.1. The second-order valence-corrected chi connectivity index (χ2v) is 9.49. The van der Waals surface area contributed by atoms with Gasteiger partial charge in [0.1, 0.15) is 0 Å². The molecular weight excluding hydrogens is 316 g/mol. The zero-order chi connectivity index (χ0) is 16.1. The smallest absolute Gasteiger partial charge is 0.0316 e. The minimum Gasteiger partial charge on any atom is -0.255 e. The molecule has 1 nitrogen and oxygen atoms in total. The summed E-state index contributed by atoms with van der Waals surface area (Å²) in [5, 5.41) is 2.90. The maximum atomic E-state index is 3.10. The van der Waals surface area contributed by atoms with E-state index in [1.165, 1.54) is 42.7 Å². The lowest BCUT2D eigenvalue weighted by Gasteiger charge is -2.41. The molecule has 0 N–H and O–H groups in total. The molecule has 0 spiro atoms. The Morgan fingerprint density at radius 3 is 1.96 bits per heavy atom. The van der Waals surface area contributed by atoms with Gasteiger partial charge in [-0.1, -0.05) is 96.2 Å². The van der Waals surface area contributed by atoms with E-state index in [1.54, 1.807) is 0 Å². The zero-order valence-corrected chi connectivity index (χ0v) is 16.0. The summed E-state index contributed by atoms with van der Waals surface area (Å²) in [6.07, 6.45) is 6.79. The van der Waals surface area contributed by atoms with Crippen LogP contribution in [0.2, 0.25) is 0 Å². The molecule has 0 saturated heterocycles. The third-order valence-electron chi connectivity index (χ3n) is 4.97. The van der Waals surface area contributed by atoms with Crippen molar-refractivity contribution in [1.82, 2.24) is 4.44 Å². The average Bonchev–Trinajstić information content (AvgIpc) is 2.63. The summed E-state index contributed by atoms with van der Waals surface area (Å²) in [7, 11) is 2.63. The quantitative estimate of drug-likeness (QED) is 0.683. The van der Waals surface area contributed by atoms with Gasteiger partial charge < -0.3 is 0 Å². The van der Waals surface area contributed by atoms with E-state index < -0.39 is 8.07 Å². The van der Waals surface area contributed by atoms with Gasteiger partial charge in [-0.3, -0.25) is 4.44 Å². The minimum absolute atomic E-state index is 0.471. The zero-order valence-electron chi connectivity index (χ0n) is 13.9. The molecule has 0 bridgehead atoms. The van der Waals surface area contributed by atoms with Gasteiger partial charge in [-0.05, 0) is 29.4 Å². The third kappa shape index (κ3) is 4.03. The van der Waals surface area contributed by atoms with E-state index in [9.17, 15) is 0 Å². The highest BCUT2D eigenvalue weighted by Gasteiger charge is 2.32. The van der Waals surface area contributed by atoms with Crippen molar-refractivity contribution in [2.75, 3.05) is 0 Å². The van der Waals surface area contributed by atoms with Crippen LogP contribution in [0.3, 0.4) is 0 Å². The van der Waals surface area contributed by atoms with Crippen LogP contribution in [0.25, 0.3) is 0 Å². The molecule has 23 heavy (non-hydrogen) atoms. The summed E-state index contributed by atoms with van der Waals surface area (Å²) in [5.74, 6) is 0.832. The Morgan fingerprint density at radius 2 is 1.43 bits per heavy atom. The van der Waals surface area contributed by atoms with Crippen LogP contribution >= 0.6 is 17.5 Å². The molecule has 1 unspecified atom stereocenters. The van der Waals surface area contributed by atoms with Crippen molar-refractivity contribution in [2.45, 2.75) is 45.1 Å². The maximum Gasteiger partial charge on any atom is 0.0316 e. The van der Waals surface area contributed by atoms with Gasteiger partial charge in [-0.15, -0.1) is 0 Å². The molecule has 3 heteroatoms. The second kappa shape index (κ2) is 8.39. The first-order valence-electron chi connectivity index (χ1n) is 8.75. The largest absolute Gasteiger partial charge is 0.255 e. The average molecular weight is 343 g/mol. The topological polar surface area (TPSA) is 3.24 Å². The van der Waals surface area contributed by atoms with Crippen LogP contribution < -0.4 is 10.6 Å². The van der Waals surface area contributed by atoms with Crippen molar-refractivity contribution in [3.63, 3.8) is 0 Å². The predicted molar refractivity (Wildman–Crippen MR) is 107 cm³/mol. The standard InChI is InChI=1S/C20H27NP2/c1-2-17-11-9-10-16-20(17)21(22)23(18-12-5-3-6-13-18)19-14-7-4-8-15-19/h3-8,12-15,17,20H,2,9-11,16,22H2,1H3/t17-,20-/m0/s1. The Labute approximate surface area is 144 Å². The highest BCUT2D eigenvalue weighted by Crippen LogP contribution is 2.47. The van der Waals surface area contributed by atoms with E-state index in [4.69, 9.17) is 0 Å². The highest BCUT2D eigenvalue weighted by atomic mass is 31.2. The monoisotopic (exact) mass is 343 g/mol. The Morgan fingerprint density at radius 1 is 0.913 bits per heavy atom. The summed E-state index contributed by atoms with van der Waals surface area (Å²) >= 11 is 0. The fraction of sp³-hybridized carbons (Fsp3) is 0.400. The number of hydrogen-bond donors (Lipinski definition) is 0. The second-order valence-electron chi connectivity index (χ2n) is 6.38. The van der Waals surface area contributed by atoms with Crippen LogP contribution in [0.15, 0.2) is 60.7 Å². The van der Waals surface area contributed by atoms with E-state index in [0.717, 1.165) is 5.92 Å². The fourth-order valence-electron chi connectivity index (χ4n) is 3.72. The lowest BCUT2D eigenvalue weighted by molar-refractivity contribution is 0.240. The molecule has 0 amide bonds. The van der Waals surface area contributed by atoms with Crippen LogP contribution in [0.5, 0.6) is 0 Å². The molecule has 0 aliphatic heterocycles. The van der Waals surface area contributed by atoms with Crippen molar-refractivity contribution in [3.8, 4) is 0 Å². The fourth-order valence-corrected chi connectivity index (χ4v) is 7.25. The van der Waals surface area contributed by atoms with Crippen molar-refractivity contribution < 1.29 is 0 Å². The van der Waals surface area contributed by atoms with Crippen LogP contribution in [-0.2, 0) is 0 Å². The molecule has 1 saturated carbocycles. The molecule has 1 aliphatic carbocycles. The van der Waals surface area contributed by atoms with Crippen LogP contribution in [0.1, 0.15) is 39.0 Å². The van der Waals surface area contributed by atoms with E-state index in [2.05, 4.69) is 81.4 Å². The first-order chi connectivity index (χ1) is 11.3. The Balaban J connectivity index is 1.94. The third-order valence-corrected chi connectivity index (χ3v) is 8.37. The number of hydrogen-bond acceptors (Lipinski definition) is 1. The van der Waals surface area contributed by atoms with E-state index in [0.29, 0.717) is 6.04 Å². The number of benzene rings is 2. The Bertz CT molecular complexity index is 548. The van der Waals surface area contributed by atoms with Crippen molar-refractivity contribution in [2.24, 2.45) is 5.92 Å². The van der Waals surface area contributed by atoms with E-state index in [1.807, 2.05) is 0 Å². The van der Waals surface area contributed by atoms with Crippen molar-refractivity contribution in [3.05, 3.63) is 60.7 Å². The van der Waals surface area contributed by atoms with Gasteiger partial charge in [0, 0.05) is 14.1 Å². The lowest BCUT2D eigenvalue weighted by atomic mass is 9.83. The molecule has 2 aromatic rings. The lowest BCUT2D eigenvalue weighted by Crippen LogP contribution is -2.37. The maximum absolute atomic E-state index is 3.10. The van der Waals surface area contributed by atoms with E-state index >= 15 is 0 Å². The summed E-state index contributed by atoms with van der Waals surface area (Å²) in [6.45, 7) is 2.36. The van der Waals surface area contributed by atoms with Gasteiger partial charge in [-0.2, -0.15) is 0 Å². The molecule has 0 radical (unpaired) electrons. The van der Waals surface area contributed by atoms with Gasteiger partial charge >= 0.3 is 0 Å². The summed E-state index contributed by atoms with van der Waals surface area (Å²) in [6, 6.07) is 22.8. The van der Waals surface area contributed by atoms with Crippen molar-refractivity contribution >= 4 is 28.1 Å². The highest BCUT2D eigenvalue weighted by molar-refractivity contribution is 7.74. The molecule has 0 aromatic heterocycles. The van der Waals surface area contributed by atoms with Crippen LogP contribution in [0.4, 0.5) is 0 Å². The normalized spacial score (nSPS) is 21.7. The molecular formula is C20H27NP2. The summed E-state index contributed by atoms with van der Waals surface area (Å²) in [4.78, 5) is 0.